The molecule has 146 valence electrons. The molecule has 0 spiro atoms. The number of anilines is 1. The maximum Gasteiger partial charge on any atom is 0.199 e. The predicted molar refractivity (Wildman–Crippen MR) is 115 cm³/mol. The van der Waals surface area contributed by atoms with E-state index in [0.29, 0.717) is 12.2 Å². The fourth-order valence-corrected chi connectivity index (χ4v) is 3.64. The van der Waals surface area contributed by atoms with Crippen molar-refractivity contribution in [3.05, 3.63) is 46.2 Å². The molecule has 2 N–H and O–H groups in total. The van der Waals surface area contributed by atoms with E-state index in [4.69, 9.17) is 4.99 Å². The van der Waals surface area contributed by atoms with Gasteiger partial charge in [0, 0.05) is 31.1 Å². The fourth-order valence-electron chi connectivity index (χ4n) is 3.02. The molecule has 1 aromatic carbocycles. The van der Waals surface area contributed by atoms with Gasteiger partial charge in [-0.25, -0.2) is 4.99 Å². The quantitative estimate of drug-likeness (QED) is 0.476. The molecule has 1 fully saturated rings. The molecule has 2 heterocycles. The van der Waals surface area contributed by atoms with Gasteiger partial charge in [0.15, 0.2) is 5.96 Å². The third-order valence-corrected chi connectivity index (χ3v) is 5.74. The Morgan fingerprint density at radius 3 is 2.56 bits per heavy atom. The van der Waals surface area contributed by atoms with Crippen LogP contribution < -0.4 is 5.32 Å². The molecule has 0 unspecified atom stereocenters. The molecule has 0 amide bonds. The first-order valence-corrected chi connectivity index (χ1v) is 10.3. The highest BCUT2D eigenvalue weighted by Crippen LogP contribution is 2.31. The van der Waals surface area contributed by atoms with E-state index in [1.165, 1.54) is 10.4 Å². The molecule has 0 aliphatic carbocycles. The minimum absolute atomic E-state index is 0.0201. The van der Waals surface area contributed by atoms with Crippen LogP contribution >= 0.6 is 11.3 Å². The van der Waals surface area contributed by atoms with Gasteiger partial charge in [0.05, 0.1) is 12.2 Å². The van der Waals surface area contributed by atoms with E-state index in [1.807, 2.05) is 12.1 Å². The molecule has 3 rings (SSSR count). The number of phenols is 1. The zero-order valence-electron chi connectivity index (χ0n) is 16.7. The SMILES string of the molecule is CN1CCN(C(=NCc2cccs2)Nc2cc(C(C)(C)C)ccc2O)CC1. The van der Waals surface area contributed by atoms with Crippen molar-refractivity contribution in [3.8, 4) is 5.75 Å². The number of likely N-dealkylation sites (N-methyl/N-ethyl adjacent to an activating group) is 1. The van der Waals surface area contributed by atoms with Gasteiger partial charge >= 0.3 is 0 Å². The van der Waals surface area contributed by atoms with Crippen molar-refractivity contribution in [3.63, 3.8) is 0 Å². The second-order valence-electron chi connectivity index (χ2n) is 8.12. The van der Waals surface area contributed by atoms with Crippen LogP contribution in [0.5, 0.6) is 5.75 Å². The van der Waals surface area contributed by atoms with Gasteiger partial charge < -0.3 is 20.2 Å². The monoisotopic (exact) mass is 386 g/mol. The fraction of sp³-hybridized carbons (Fsp3) is 0.476. The lowest BCUT2D eigenvalue weighted by Gasteiger charge is -2.35. The number of hydrogen-bond acceptors (Lipinski definition) is 4. The van der Waals surface area contributed by atoms with E-state index in [9.17, 15) is 5.11 Å². The highest BCUT2D eigenvalue weighted by Gasteiger charge is 2.20. The van der Waals surface area contributed by atoms with E-state index < -0.39 is 0 Å². The van der Waals surface area contributed by atoms with Crippen LogP contribution in [0.1, 0.15) is 31.2 Å². The second-order valence-corrected chi connectivity index (χ2v) is 9.15. The van der Waals surface area contributed by atoms with Gasteiger partial charge in [-0.1, -0.05) is 32.9 Å². The average molecular weight is 387 g/mol. The summed E-state index contributed by atoms with van der Waals surface area (Å²) in [5.74, 6) is 1.08. The lowest BCUT2D eigenvalue weighted by atomic mass is 9.87. The maximum atomic E-state index is 10.4. The summed E-state index contributed by atoms with van der Waals surface area (Å²) in [5.41, 5.74) is 1.91. The molecule has 0 saturated carbocycles. The van der Waals surface area contributed by atoms with Crippen molar-refractivity contribution in [2.24, 2.45) is 4.99 Å². The molecule has 1 aliphatic rings. The smallest absolute Gasteiger partial charge is 0.199 e. The Kier molecular flexibility index (Phi) is 6.07. The predicted octanol–water partition coefficient (Wildman–Crippen LogP) is 3.97. The van der Waals surface area contributed by atoms with Gasteiger partial charge in [-0.2, -0.15) is 0 Å². The summed E-state index contributed by atoms with van der Waals surface area (Å²) in [4.78, 5) is 10.7. The molecule has 1 saturated heterocycles. The molecular weight excluding hydrogens is 356 g/mol. The lowest BCUT2D eigenvalue weighted by molar-refractivity contribution is 0.215. The number of thiophene rings is 1. The molecule has 5 nitrogen and oxygen atoms in total. The maximum absolute atomic E-state index is 10.4. The highest BCUT2D eigenvalue weighted by molar-refractivity contribution is 7.09. The van der Waals surface area contributed by atoms with Crippen molar-refractivity contribution >= 4 is 23.0 Å². The summed E-state index contributed by atoms with van der Waals surface area (Å²) in [6, 6.07) is 9.94. The number of aromatic hydroxyl groups is 1. The summed E-state index contributed by atoms with van der Waals surface area (Å²) in [7, 11) is 2.14. The Hall–Kier alpha value is -2.05. The molecule has 6 heteroatoms. The zero-order chi connectivity index (χ0) is 19.4. The minimum Gasteiger partial charge on any atom is -0.506 e. The molecule has 1 aliphatic heterocycles. The van der Waals surface area contributed by atoms with Crippen molar-refractivity contribution in [2.75, 3.05) is 38.5 Å². The van der Waals surface area contributed by atoms with Crippen LogP contribution in [-0.2, 0) is 12.0 Å². The molecule has 0 radical (unpaired) electrons. The number of nitrogens with zero attached hydrogens (tertiary/aromatic N) is 3. The average Bonchev–Trinajstić information content (AvgIpc) is 3.13. The number of nitrogens with one attached hydrogen (secondary N) is 1. The van der Waals surface area contributed by atoms with E-state index in [2.05, 4.69) is 60.4 Å². The van der Waals surface area contributed by atoms with Crippen LogP contribution in [0.2, 0.25) is 0 Å². The largest absolute Gasteiger partial charge is 0.506 e. The Bertz CT molecular complexity index is 772. The van der Waals surface area contributed by atoms with E-state index in [-0.39, 0.29) is 11.2 Å². The first-order chi connectivity index (χ1) is 12.8. The number of piperazine rings is 1. The number of guanidine groups is 1. The standard InChI is InChI=1S/C21H30N4OS/c1-21(2,3)16-7-8-19(26)18(14-16)23-20(22-15-17-6-5-13-27-17)25-11-9-24(4)10-12-25/h5-8,13-14,26H,9-12,15H2,1-4H3,(H,22,23). The van der Waals surface area contributed by atoms with Crippen LogP contribution in [0.15, 0.2) is 40.7 Å². The molecule has 1 aromatic heterocycles. The van der Waals surface area contributed by atoms with Crippen LogP contribution in [0.4, 0.5) is 5.69 Å². The number of hydrogen-bond donors (Lipinski definition) is 2. The van der Waals surface area contributed by atoms with Gasteiger partial charge in [0.1, 0.15) is 5.75 Å². The second kappa shape index (κ2) is 8.31. The third-order valence-electron chi connectivity index (χ3n) is 4.88. The normalized spacial score (nSPS) is 16.6. The number of rotatable bonds is 3. The molecule has 27 heavy (non-hydrogen) atoms. The third kappa shape index (κ3) is 5.23. The lowest BCUT2D eigenvalue weighted by Crippen LogP contribution is -2.49. The number of benzene rings is 1. The number of phenolic OH excluding ortho intramolecular Hbond substituents is 1. The topological polar surface area (TPSA) is 51.1 Å². The molecule has 2 aromatic rings. The molecular formula is C21H30N4OS. The van der Waals surface area contributed by atoms with Gasteiger partial charge in [-0.05, 0) is 41.6 Å². The number of aliphatic imine (C=N–C) groups is 1. The Morgan fingerprint density at radius 2 is 1.93 bits per heavy atom. The minimum atomic E-state index is 0.0201. The Balaban J connectivity index is 1.85. The first-order valence-electron chi connectivity index (χ1n) is 9.44. The van der Waals surface area contributed by atoms with Gasteiger partial charge in [-0.3, -0.25) is 0 Å². The Morgan fingerprint density at radius 1 is 1.19 bits per heavy atom. The van der Waals surface area contributed by atoms with E-state index >= 15 is 0 Å². The molecule has 0 bridgehead atoms. The first kappa shape index (κ1) is 19.7. The summed E-state index contributed by atoms with van der Waals surface area (Å²) in [6.45, 7) is 11.0. The van der Waals surface area contributed by atoms with Crippen LogP contribution in [0.25, 0.3) is 0 Å². The van der Waals surface area contributed by atoms with Crippen molar-refractivity contribution in [1.29, 1.82) is 0 Å². The van der Waals surface area contributed by atoms with Gasteiger partial charge in [0.25, 0.3) is 0 Å². The Labute approximate surface area is 166 Å². The summed E-state index contributed by atoms with van der Waals surface area (Å²) in [5, 5.41) is 15.9. The van der Waals surface area contributed by atoms with E-state index in [1.54, 1.807) is 17.4 Å². The van der Waals surface area contributed by atoms with Crippen LogP contribution in [0.3, 0.4) is 0 Å². The van der Waals surface area contributed by atoms with Gasteiger partial charge in [-0.15, -0.1) is 11.3 Å². The highest BCUT2D eigenvalue weighted by atomic mass is 32.1. The van der Waals surface area contributed by atoms with Crippen molar-refractivity contribution in [1.82, 2.24) is 9.80 Å². The van der Waals surface area contributed by atoms with Gasteiger partial charge in [0.2, 0.25) is 0 Å². The summed E-state index contributed by atoms with van der Waals surface area (Å²) < 4.78 is 0. The van der Waals surface area contributed by atoms with Crippen molar-refractivity contribution in [2.45, 2.75) is 32.7 Å². The summed E-state index contributed by atoms with van der Waals surface area (Å²) in [6.07, 6.45) is 0. The van der Waals surface area contributed by atoms with Crippen molar-refractivity contribution < 1.29 is 5.11 Å². The van der Waals surface area contributed by atoms with E-state index in [0.717, 1.165) is 32.1 Å². The summed E-state index contributed by atoms with van der Waals surface area (Å²) >= 11 is 1.72. The van der Waals surface area contributed by atoms with Crippen LogP contribution in [0, 0.1) is 0 Å². The zero-order valence-corrected chi connectivity index (χ0v) is 17.5. The molecule has 0 atom stereocenters. The van der Waals surface area contributed by atoms with Crippen LogP contribution in [-0.4, -0.2) is 54.1 Å².